The first kappa shape index (κ1) is 21.6. The number of nitrogens with one attached hydrogen (secondary N) is 1. The lowest BCUT2D eigenvalue weighted by Gasteiger charge is -2.32. The topological polar surface area (TPSA) is 75.7 Å². The molecular formula is C17H27ClN2O4S. The molecule has 0 heterocycles. The van der Waals surface area contributed by atoms with Gasteiger partial charge >= 0.3 is 0 Å². The molecule has 0 radical (unpaired) electrons. The molecule has 1 N–H and O–H groups in total. The maximum Gasteiger partial charge on any atom is 0.244 e. The number of rotatable bonds is 8. The largest absolute Gasteiger partial charge is 0.495 e. The van der Waals surface area contributed by atoms with Crippen LogP contribution in [0, 0.1) is 5.92 Å². The number of benzene rings is 1. The summed E-state index contributed by atoms with van der Waals surface area (Å²) in [7, 11) is -2.31. The fourth-order valence-corrected chi connectivity index (χ4v) is 3.73. The molecule has 1 rings (SSSR count). The second-order valence-electron chi connectivity index (χ2n) is 6.34. The summed E-state index contributed by atoms with van der Waals surface area (Å²) in [4.78, 5) is 12.7. The summed E-state index contributed by atoms with van der Waals surface area (Å²) < 4.78 is 31.3. The highest BCUT2D eigenvalue weighted by Gasteiger charge is 2.34. The average Bonchev–Trinajstić information content (AvgIpc) is 2.50. The Morgan fingerprint density at radius 1 is 1.32 bits per heavy atom. The average molecular weight is 391 g/mol. The van der Waals surface area contributed by atoms with Gasteiger partial charge in [0.25, 0.3) is 0 Å². The van der Waals surface area contributed by atoms with E-state index in [4.69, 9.17) is 16.3 Å². The molecule has 0 aliphatic carbocycles. The predicted molar refractivity (Wildman–Crippen MR) is 102 cm³/mol. The summed E-state index contributed by atoms with van der Waals surface area (Å²) in [6.07, 6.45) is 1.37. The maximum atomic E-state index is 12.7. The lowest BCUT2D eigenvalue weighted by Crippen LogP contribution is -2.52. The Kier molecular flexibility index (Phi) is 7.56. The summed E-state index contributed by atoms with van der Waals surface area (Å²) in [5.74, 6) is 0.211. The van der Waals surface area contributed by atoms with Crippen LogP contribution in [0.25, 0.3) is 0 Å². The minimum absolute atomic E-state index is 0.0794. The minimum atomic E-state index is -3.75. The Balaban J connectivity index is 3.39. The first-order valence-corrected chi connectivity index (χ1v) is 10.4. The third-order valence-corrected chi connectivity index (χ3v) is 5.48. The molecule has 25 heavy (non-hydrogen) atoms. The number of carbonyl (C=O) groups excluding carboxylic acids is 1. The number of anilines is 1. The van der Waals surface area contributed by atoms with Crippen molar-refractivity contribution < 1.29 is 17.9 Å². The van der Waals surface area contributed by atoms with Gasteiger partial charge in [-0.25, -0.2) is 8.42 Å². The van der Waals surface area contributed by atoms with Gasteiger partial charge in [0, 0.05) is 11.1 Å². The van der Waals surface area contributed by atoms with Gasteiger partial charge in [-0.05, 0) is 37.5 Å². The van der Waals surface area contributed by atoms with E-state index in [1.165, 1.54) is 13.2 Å². The van der Waals surface area contributed by atoms with E-state index in [-0.39, 0.29) is 23.6 Å². The molecule has 1 amide bonds. The number of sulfonamides is 1. The van der Waals surface area contributed by atoms with Crippen LogP contribution < -0.4 is 14.4 Å². The van der Waals surface area contributed by atoms with Crippen molar-refractivity contribution >= 4 is 33.2 Å². The highest BCUT2D eigenvalue weighted by molar-refractivity contribution is 7.92. The zero-order valence-corrected chi connectivity index (χ0v) is 17.1. The third kappa shape index (κ3) is 5.51. The molecule has 142 valence electrons. The molecule has 0 bridgehead atoms. The number of carbonyl (C=O) groups is 1. The molecule has 1 aromatic rings. The molecular weight excluding hydrogens is 364 g/mol. The number of hydrogen-bond donors (Lipinski definition) is 1. The second-order valence-corrected chi connectivity index (χ2v) is 8.64. The van der Waals surface area contributed by atoms with Gasteiger partial charge in [-0.15, -0.1) is 0 Å². The van der Waals surface area contributed by atoms with E-state index < -0.39 is 16.1 Å². The van der Waals surface area contributed by atoms with Crippen LogP contribution >= 0.6 is 11.6 Å². The molecule has 6 nitrogen and oxygen atoms in total. The molecule has 0 aliphatic rings. The molecule has 0 aromatic heterocycles. The fraction of sp³-hybridized carbons (Fsp3) is 0.588. The molecule has 8 heteroatoms. The Bertz CT molecular complexity index is 707. The van der Waals surface area contributed by atoms with Crippen LogP contribution in [0.1, 0.15) is 34.1 Å². The highest BCUT2D eigenvalue weighted by Crippen LogP contribution is 2.34. The summed E-state index contributed by atoms with van der Waals surface area (Å²) in [6, 6.07) is 3.69. The monoisotopic (exact) mass is 390 g/mol. The lowest BCUT2D eigenvalue weighted by molar-refractivity contribution is -0.123. The number of ether oxygens (including phenoxy) is 1. The van der Waals surface area contributed by atoms with Gasteiger partial charge in [-0.1, -0.05) is 32.4 Å². The number of amides is 1. The van der Waals surface area contributed by atoms with Crippen molar-refractivity contribution in [2.24, 2.45) is 5.92 Å². The van der Waals surface area contributed by atoms with Gasteiger partial charge in [0.2, 0.25) is 15.9 Å². The van der Waals surface area contributed by atoms with Crippen molar-refractivity contribution in [3.8, 4) is 5.75 Å². The predicted octanol–water partition coefficient (Wildman–Crippen LogP) is 3.05. The van der Waals surface area contributed by atoms with Crippen LogP contribution in [-0.2, 0) is 14.8 Å². The number of nitrogens with zero attached hydrogens (tertiary/aromatic N) is 1. The van der Waals surface area contributed by atoms with Gasteiger partial charge in [0.05, 0.1) is 19.1 Å². The molecule has 1 aromatic carbocycles. The number of hydrogen-bond acceptors (Lipinski definition) is 4. The van der Waals surface area contributed by atoms with Crippen molar-refractivity contribution in [2.45, 2.75) is 46.2 Å². The fourth-order valence-electron chi connectivity index (χ4n) is 2.36. The normalized spacial score (nSPS) is 14.1. The van der Waals surface area contributed by atoms with Crippen LogP contribution in [0.5, 0.6) is 5.75 Å². The van der Waals surface area contributed by atoms with Crippen LogP contribution in [0.3, 0.4) is 0 Å². The standard InChI is InChI=1S/C17H27ClN2O4S/c1-7-14(17(21)19-12(4)11(2)3)20(25(6,22)23)15-10-13(18)8-9-16(15)24-5/h8-12,14H,7H2,1-6H3,(H,19,21)/t12-,14+/m1/s1. The molecule has 0 unspecified atom stereocenters. The first-order valence-electron chi connectivity index (χ1n) is 8.16. The van der Waals surface area contributed by atoms with Crippen molar-refractivity contribution in [2.75, 3.05) is 17.7 Å². The van der Waals surface area contributed by atoms with E-state index in [2.05, 4.69) is 5.32 Å². The summed E-state index contributed by atoms with van der Waals surface area (Å²) in [6.45, 7) is 7.62. The van der Waals surface area contributed by atoms with E-state index in [1.807, 2.05) is 20.8 Å². The SMILES string of the molecule is CC[C@@H](C(=O)N[C@H](C)C(C)C)N(c1cc(Cl)ccc1OC)S(C)(=O)=O. The summed E-state index contributed by atoms with van der Waals surface area (Å²) in [5, 5.41) is 3.24. The quantitative estimate of drug-likeness (QED) is 0.740. The zero-order chi connectivity index (χ0) is 19.4. The molecule has 0 saturated heterocycles. The number of halogens is 1. The van der Waals surface area contributed by atoms with Crippen LogP contribution in [0.4, 0.5) is 5.69 Å². The van der Waals surface area contributed by atoms with E-state index in [0.29, 0.717) is 17.2 Å². The molecule has 0 spiro atoms. The van der Waals surface area contributed by atoms with E-state index >= 15 is 0 Å². The second kappa shape index (κ2) is 8.76. The van der Waals surface area contributed by atoms with E-state index in [9.17, 15) is 13.2 Å². The van der Waals surface area contributed by atoms with E-state index in [1.54, 1.807) is 19.1 Å². The van der Waals surface area contributed by atoms with Gasteiger partial charge in [0.1, 0.15) is 11.8 Å². The smallest absolute Gasteiger partial charge is 0.244 e. The Labute approximate surface area is 155 Å². The van der Waals surface area contributed by atoms with Crippen molar-refractivity contribution in [1.82, 2.24) is 5.32 Å². The van der Waals surface area contributed by atoms with Gasteiger partial charge < -0.3 is 10.1 Å². The summed E-state index contributed by atoms with van der Waals surface area (Å²) in [5.41, 5.74) is 0.247. The van der Waals surface area contributed by atoms with Crippen LogP contribution in [0.15, 0.2) is 18.2 Å². The number of methoxy groups -OCH3 is 1. The molecule has 2 atom stereocenters. The van der Waals surface area contributed by atoms with Crippen molar-refractivity contribution in [1.29, 1.82) is 0 Å². The molecule has 0 fully saturated rings. The Hall–Kier alpha value is -1.47. The van der Waals surface area contributed by atoms with Crippen molar-refractivity contribution in [3.05, 3.63) is 23.2 Å². The highest BCUT2D eigenvalue weighted by atomic mass is 35.5. The van der Waals surface area contributed by atoms with Gasteiger partial charge in [-0.2, -0.15) is 0 Å². The first-order chi connectivity index (χ1) is 11.5. The van der Waals surface area contributed by atoms with Crippen molar-refractivity contribution in [3.63, 3.8) is 0 Å². The molecule has 0 saturated carbocycles. The van der Waals surface area contributed by atoms with Crippen LogP contribution in [-0.4, -0.2) is 39.8 Å². The minimum Gasteiger partial charge on any atom is -0.495 e. The van der Waals surface area contributed by atoms with Gasteiger partial charge in [-0.3, -0.25) is 9.10 Å². The lowest BCUT2D eigenvalue weighted by atomic mass is 10.1. The maximum absolute atomic E-state index is 12.7. The Morgan fingerprint density at radius 3 is 2.36 bits per heavy atom. The van der Waals surface area contributed by atoms with Crippen LogP contribution in [0.2, 0.25) is 5.02 Å². The van der Waals surface area contributed by atoms with E-state index in [0.717, 1.165) is 10.6 Å². The van der Waals surface area contributed by atoms with Gasteiger partial charge in [0.15, 0.2) is 0 Å². The third-order valence-electron chi connectivity index (χ3n) is 4.08. The summed E-state index contributed by atoms with van der Waals surface area (Å²) >= 11 is 6.04. The molecule has 0 aliphatic heterocycles. The zero-order valence-electron chi connectivity index (χ0n) is 15.5. The Morgan fingerprint density at radius 2 is 1.92 bits per heavy atom.